The molecule has 1 fully saturated rings. The fourth-order valence-corrected chi connectivity index (χ4v) is 0.755. The highest BCUT2D eigenvalue weighted by Crippen LogP contribution is 2.20. The molecule has 0 heteroatoms. The molecule has 1 aliphatic carbocycles. The monoisotopic (exact) mass is 94.1 g/mol. The first-order chi connectivity index (χ1) is 3.39. The van der Waals surface area contributed by atoms with Crippen LogP contribution in [0.15, 0.2) is 0 Å². The molecular weight excluding hydrogens is 84.1 g/mol. The molecule has 0 aromatic carbocycles. The van der Waals surface area contributed by atoms with Crippen LogP contribution < -0.4 is 0 Å². The van der Waals surface area contributed by atoms with Gasteiger partial charge >= 0.3 is 0 Å². The average molecular weight is 94.2 g/mol. The molecule has 1 unspecified atom stereocenters. The van der Waals surface area contributed by atoms with Gasteiger partial charge in [0.15, 0.2) is 0 Å². The van der Waals surface area contributed by atoms with Crippen LogP contribution >= 0.6 is 0 Å². The van der Waals surface area contributed by atoms with Crippen molar-refractivity contribution in [1.29, 1.82) is 0 Å². The number of hydrogen-bond donors (Lipinski definition) is 0. The molecule has 0 amide bonds. The Morgan fingerprint density at radius 1 is 1.57 bits per heavy atom. The topological polar surface area (TPSA) is 0 Å². The number of rotatable bonds is 0. The number of hydrogen-bond acceptors (Lipinski definition) is 0. The van der Waals surface area contributed by atoms with Crippen molar-refractivity contribution in [3.8, 4) is 0 Å². The second-order valence-electron chi connectivity index (χ2n) is 2.07. The molecular formula is C7H10. The Hall–Kier alpha value is 0. The third-order valence-electron chi connectivity index (χ3n) is 1.33. The van der Waals surface area contributed by atoms with Gasteiger partial charge in [-0.1, -0.05) is 6.92 Å². The summed E-state index contributed by atoms with van der Waals surface area (Å²) in [5, 5.41) is 0. The summed E-state index contributed by atoms with van der Waals surface area (Å²) in [5.74, 6) is 0.723. The van der Waals surface area contributed by atoms with Crippen molar-refractivity contribution < 1.29 is 0 Å². The van der Waals surface area contributed by atoms with Gasteiger partial charge in [-0.25, -0.2) is 0 Å². The highest BCUT2D eigenvalue weighted by Gasteiger charge is 2.07. The Morgan fingerprint density at radius 3 is 2.71 bits per heavy atom. The summed E-state index contributed by atoms with van der Waals surface area (Å²) >= 11 is 0. The fourth-order valence-electron chi connectivity index (χ4n) is 0.755. The zero-order chi connectivity index (χ0) is 5.11. The van der Waals surface area contributed by atoms with Crippen LogP contribution in [0.5, 0.6) is 0 Å². The smallest absolute Gasteiger partial charge is 0.0136 e. The molecule has 0 nitrogen and oxygen atoms in total. The Balaban J connectivity index is 2.12. The standard InChI is InChI=1S/C7H10/c1-7-5-3-2-4-6-7/h7H,3-5H2,1H3. The highest BCUT2D eigenvalue weighted by atomic mass is 14.1. The van der Waals surface area contributed by atoms with E-state index in [1.54, 1.807) is 0 Å². The van der Waals surface area contributed by atoms with Crippen molar-refractivity contribution in [2.45, 2.75) is 26.2 Å². The zero-order valence-corrected chi connectivity index (χ0v) is 4.70. The molecule has 38 valence electrons. The van der Waals surface area contributed by atoms with E-state index in [2.05, 4.69) is 19.8 Å². The summed E-state index contributed by atoms with van der Waals surface area (Å²) in [6.45, 7) is 2.21. The zero-order valence-electron chi connectivity index (χ0n) is 4.70. The van der Waals surface area contributed by atoms with Crippen LogP contribution in [0.4, 0.5) is 0 Å². The maximum absolute atomic E-state index is 3.27. The van der Waals surface area contributed by atoms with Crippen LogP contribution in [-0.2, 0) is 0 Å². The summed E-state index contributed by atoms with van der Waals surface area (Å²) in [6, 6.07) is 0. The predicted molar refractivity (Wildman–Crippen MR) is 29.5 cm³/mol. The molecule has 0 aromatic heterocycles. The van der Waals surface area contributed by atoms with Gasteiger partial charge in [0.25, 0.3) is 0 Å². The van der Waals surface area contributed by atoms with E-state index in [0.717, 1.165) is 12.3 Å². The van der Waals surface area contributed by atoms with Gasteiger partial charge in [-0.3, -0.25) is 0 Å². The lowest BCUT2D eigenvalue weighted by Crippen LogP contribution is -2.01. The molecule has 0 N–H and O–H groups in total. The van der Waals surface area contributed by atoms with Crippen molar-refractivity contribution in [3.63, 3.8) is 0 Å². The third kappa shape index (κ3) is 1.50. The Morgan fingerprint density at radius 2 is 2.43 bits per heavy atom. The maximum atomic E-state index is 3.27. The molecule has 1 atom stereocenters. The largest absolute Gasteiger partial charge is 0.0619 e. The SMILES string of the molecule is CC1[C]C[C]CC1. The second kappa shape index (κ2) is 2.34. The third-order valence-corrected chi connectivity index (χ3v) is 1.33. The minimum Gasteiger partial charge on any atom is -0.0619 e. The van der Waals surface area contributed by atoms with Crippen molar-refractivity contribution in [1.82, 2.24) is 0 Å². The van der Waals surface area contributed by atoms with Crippen LogP contribution in [0.2, 0.25) is 0 Å². The minimum absolute atomic E-state index is 0.723. The van der Waals surface area contributed by atoms with E-state index >= 15 is 0 Å². The van der Waals surface area contributed by atoms with Gasteiger partial charge in [-0.15, -0.1) is 0 Å². The quantitative estimate of drug-likeness (QED) is 0.430. The van der Waals surface area contributed by atoms with Gasteiger partial charge < -0.3 is 0 Å². The Labute approximate surface area is 45.9 Å². The van der Waals surface area contributed by atoms with E-state index in [4.69, 9.17) is 0 Å². The normalized spacial score (nSPS) is 25.3. The lowest BCUT2D eigenvalue weighted by atomic mass is 9.91. The molecule has 0 aromatic rings. The molecule has 0 aliphatic heterocycles. The van der Waals surface area contributed by atoms with Crippen LogP contribution in [0.3, 0.4) is 0 Å². The second-order valence-corrected chi connectivity index (χ2v) is 2.07. The molecule has 0 bridgehead atoms. The van der Waals surface area contributed by atoms with Crippen LogP contribution in [0.1, 0.15) is 26.2 Å². The van der Waals surface area contributed by atoms with E-state index in [9.17, 15) is 0 Å². The Bertz CT molecular complexity index is 42.0. The molecule has 4 radical (unpaired) electrons. The average Bonchev–Trinajstić information content (AvgIpc) is 1.69. The van der Waals surface area contributed by atoms with Crippen molar-refractivity contribution >= 4 is 0 Å². The van der Waals surface area contributed by atoms with Gasteiger partial charge in [0.05, 0.1) is 0 Å². The van der Waals surface area contributed by atoms with E-state index < -0.39 is 0 Å². The molecule has 1 saturated carbocycles. The van der Waals surface area contributed by atoms with Gasteiger partial charge in [-0.05, 0) is 38.0 Å². The molecule has 7 heavy (non-hydrogen) atoms. The van der Waals surface area contributed by atoms with Gasteiger partial charge in [-0.2, -0.15) is 0 Å². The molecule has 0 spiro atoms. The van der Waals surface area contributed by atoms with Crippen LogP contribution in [-0.4, -0.2) is 0 Å². The van der Waals surface area contributed by atoms with E-state index in [-0.39, 0.29) is 0 Å². The lowest BCUT2D eigenvalue weighted by molar-refractivity contribution is 0.539. The summed E-state index contributed by atoms with van der Waals surface area (Å²) < 4.78 is 0. The van der Waals surface area contributed by atoms with Gasteiger partial charge in [0.2, 0.25) is 0 Å². The summed E-state index contributed by atoms with van der Waals surface area (Å²) in [5.41, 5.74) is 0. The van der Waals surface area contributed by atoms with Crippen molar-refractivity contribution in [2.24, 2.45) is 5.92 Å². The highest BCUT2D eigenvalue weighted by molar-refractivity contribution is 4.86. The van der Waals surface area contributed by atoms with Crippen molar-refractivity contribution in [2.75, 3.05) is 0 Å². The molecule has 1 aliphatic rings. The fraction of sp³-hybridized carbons (Fsp3) is 0.714. The van der Waals surface area contributed by atoms with Gasteiger partial charge in [0, 0.05) is 0 Å². The summed E-state index contributed by atoms with van der Waals surface area (Å²) in [7, 11) is 0. The van der Waals surface area contributed by atoms with Crippen LogP contribution in [0, 0.1) is 18.8 Å². The summed E-state index contributed by atoms with van der Waals surface area (Å²) in [4.78, 5) is 0. The van der Waals surface area contributed by atoms with Crippen LogP contribution in [0.25, 0.3) is 0 Å². The van der Waals surface area contributed by atoms with E-state index in [0.29, 0.717) is 0 Å². The first kappa shape index (κ1) is 5.14. The Kier molecular flexibility index (Phi) is 1.72. The summed E-state index contributed by atoms with van der Waals surface area (Å²) in [6.07, 6.45) is 9.90. The molecule has 0 heterocycles. The first-order valence-electron chi connectivity index (χ1n) is 2.83. The molecule has 0 saturated heterocycles. The van der Waals surface area contributed by atoms with Crippen molar-refractivity contribution in [3.05, 3.63) is 12.8 Å². The van der Waals surface area contributed by atoms with E-state index in [1.165, 1.54) is 12.8 Å². The minimum atomic E-state index is 0.723. The van der Waals surface area contributed by atoms with E-state index in [1.807, 2.05) is 0 Å². The first-order valence-corrected chi connectivity index (χ1v) is 2.83. The maximum Gasteiger partial charge on any atom is -0.0136 e. The molecule has 1 rings (SSSR count). The van der Waals surface area contributed by atoms with Gasteiger partial charge in [0.1, 0.15) is 0 Å². The lowest BCUT2D eigenvalue weighted by Gasteiger charge is -2.14. The predicted octanol–water partition coefficient (Wildman–Crippen LogP) is 1.97.